The molecular formula is C15H16N6O. The standard InChI is InChI=1S/C15H16N6O/c1-11-13(9-17-20(11)2)15(22)18-14-5-7-21(19-14)10-12-4-3-6-16-8-12/h3-9H,10H2,1-2H3,(H,18,19,22). The van der Waals surface area contributed by atoms with Crippen LogP contribution in [0, 0.1) is 6.92 Å². The summed E-state index contributed by atoms with van der Waals surface area (Å²) in [4.78, 5) is 16.3. The minimum Gasteiger partial charge on any atom is -0.305 e. The molecule has 3 rings (SSSR count). The molecule has 0 spiro atoms. The zero-order valence-electron chi connectivity index (χ0n) is 12.4. The second kappa shape index (κ2) is 5.80. The predicted octanol–water partition coefficient (Wildman–Crippen LogP) is 1.62. The topological polar surface area (TPSA) is 77.6 Å². The number of amides is 1. The molecule has 0 aromatic carbocycles. The van der Waals surface area contributed by atoms with Crippen molar-refractivity contribution in [2.24, 2.45) is 7.05 Å². The molecular weight excluding hydrogens is 280 g/mol. The van der Waals surface area contributed by atoms with Gasteiger partial charge in [0.15, 0.2) is 5.82 Å². The van der Waals surface area contributed by atoms with Crippen molar-refractivity contribution >= 4 is 11.7 Å². The molecule has 22 heavy (non-hydrogen) atoms. The van der Waals surface area contributed by atoms with Crippen LogP contribution < -0.4 is 5.32 Å². The normalized spacial score (nSPS) is 10.6. The van der Waals surface area contributed by atoms with Crippen LogP contribution in [0.4, 0.5) is 5.82 Å². The second-order valence-electron chi connectivity index (χ2n) is 4.98. The Kier molecular flexibility index (Phi) is 3.69. The highest BCUT2D eigenvalue weighted by atomic mass is 16.1. The first-order valence-electron chi connectivity index (χ1n) is 6.86. The van der Waals surface area contributed by atoms with E-state index in [9.17, 15) is 4.79 Å². The molecule has 3 heterocycles. The highest BCUT2D eigenvalue weighted by Crippen LogP contribution is 2.10. The van der Waals surface area contributed by atoms with E-state index in [1.165, 1.54) is 0 Å². The van der Waals surface area contributed by atoms with Crippen molar-refractivity contribution in [3.8, 4) is 0 Å². The third-order valence-corrected chi connectivity index (χ3v) is 3.43. The Labute approximate surface area is 127 Å². The zero-order chi connectivity index (χ0) is 15.5. The molecule has 7 heteroatoms. The van der Waals surface area contributed by atoms with Gasteiger partial charge in [-0.25, -0.2) is 0 Å². The minimum atomic E-state index is -0.211. The van der Waals surface area contributed by atoms with Crippen molar-refractivity contribution in [1.29, 1.82) is 0 Å². The number of aryl methyl sites for hydroxylation is 1. The summed E-state index contributed by atoms with van der Waals surface area (Å²) in [7, 11) is 1.80. The lowest BCUT2D eigenvalue weighted by Gasteiger charge is -2.02. The van der Waals surface area contributed by atoms with Gasteiger partial charge in [0.2, 0.25) is 0 Å². The maximum atomic E-state index is 12.2. The molecule has 0 saturated carbocycles. The highest BCUT2D eigenvalue weighted by molar-refractivity contribution is 6.04. The molecule has 1 amide bonds. The van der Waals surface area contributed by atoms with Gasteiger partial charge < -0.3 is 5.32 Å². The Balaban J connectivity index is 1.69. The average molecular weight is 296 g/mol. The molecule has 1 N–H and O–H groups in total. The van der Waals surface area contributed by atoms with Crippen molar-refractivity contribution in [1.82, 2.24) is 24.5 Å². The number of hydrogen-bond donors (Lipinski definition) is 1. The van der Waals surface area contributed by atoms with Gasteiger partial charge in [-0.2, -0.15) is 10.2 Å². The maximum absolute atomic E-state index is 12.2. The molecule has 3 aromatic heterocycles. The van der Waals surface area contributed by atoms with Crippen LogP contribution in [0.1, 0.15) is 21.6 Å². The van der Waals surface area contributed by atoms with Crippen LogP contribution in [-0.2, 0) is 13.6 Å². The van der Waals surface area contributed by atoms with Gasteiger partial charge in [-0.15, -0.1) is 0 Å². The number of nitrogens with one attached hydrogen (secondary N) is 1. The summed E-state index contributed by atoms with van der Waals surface area (Å²) in [6, 6.07) is 5.62. The van der Waals surface area contributed by atoms with Crippen molar-refractivity contribution < 1.29 is 4.79 Å². The predicted molar refractivity (Wildman–Crippen MR) is 81.5 cm³/mol. The Morgan fingerprint density at radius 3 is 2.86 bits per heavy atom. The number of aromatic nitrogens is 5. The van der Waals surface area contributed by atoms with Crippen LogP contribution >= 0.6 is 0 Å². The number of anilines is 1. The van der Waals surface area contributed by atoms with Gasteiger partial charge in [0.1, 0.15) is 0 Å². The van der Waals surface area contributed by atoms with Gasteiger partial charge in [-0.3, -0.25) is 19.1 Å². The molecule has 0 fully saturated rings. The molecule has 0 saturated heterocycles. The van der Waals surface area contributed by atoms with Crippen LogP contribution in [0.15, 0.2) is 43.0 Å². The second-order valence-corrected chi connectivity index (χ2v) is 4.98. The Morgan fingerprint density at radius 1 is 1.32 bits per heavy atom. The van der Waals surface area contributed by atoms with Crippen LogP contribution in [0.5, 0.6) is 0 Å². The fourth-order valence-electron chi connectivity index (χ4n) is 2.10. The van der Waals surface area contributed by atoms with E-state index in [0.717, 1.165) is 11.3 Å². The summed E-state index contributed by atoms with van der Waals surface area (Å²) in [5.41, 5.74) is 2.41. The van der Waals surface area contributed by atoms with Gasteiger partial charge in [-0.05, 0) is 18.6 Å². The van der Waals surface area contributed by atoms with Crippen molar-refractivity contribution in [3.63, 3.8) is 0 Å². The lowest BCUT2D eigenvalue weighted by Crippen LogP contribution is -2.13. The fourth-order valence-corrected chi connectivity index (χ4v) is 2.10. The number of nitrogens with zero attached hydrogens (tertiary/aromatic N) is 5. The van der Waals surface area contributed by atoms with Crippen molar-refractivity contribution in [3.05, 3.63) is 59.8 Å². The number of rotatable bonds is 4. The van der Waals surface area contributed by atoms with Gasteiger partial charge >= 0.3 is 0 Å². The number of pyridine rings is 1. The molecule has 112 valence electrons. The van der Waals surface area contributed by atoms with E-state index >= 15 is 0 Å². The average Bonchev–Trinajstić information content (AvgIpc) is 3.08. The van der Waals surface area contributed by atoms with Gasteiger partial charge in [0.05, 0.1) is 18.3 Å². The lowest BCUT2D eigenvalue weighted by atomic mass is 10.2. The number of hydrogen-bond acceptors (Lipinski definition) is 4. The van der Waals surface area contributed by atoms with Crippen molar-refractivity contribution in [2.75, 3.05) is 5.32 Å². The quantitative estimate of drug-likeness (QED) is 0.793. The fraction of sp³-hybridized carbons (Fsp3) is 0.200. The lowest BCUT2D eigenvalue weighted by molar-refractivity contribution is 0.102. The molecule has 0 aliphatic heterocycles. The molecule has 0 atom stereocenters. The van der Waals surface area contributed by atoms with Gasteiger partial charge in [0, 0.05) is 37.4 Å². The van der Waals surface area contributed by atoms with Crippen LogP contribution in [-0.4, -0.2) is 30.5 Å². The third kappa shape index (κ3) is 2.88. The first-order valence-corrected chi connectivity index (χ1v) is 6.86. The van der Waals surface area contributed by atoms with E-state index < -0.39 is 0 Å². The summed E-state index contributed by atoms with van der Waals surface area (Å²) in [6.07, 6.45) is 6.89. The molecule has 0 bridgehead atoms. The van der Waals surface area contributed by atoms with E-state index in [2.05, 4.69) is 20.5 Å². The van der Waals surface area contributed by atoms with Crippen LogP contribution in [0.3, 0.4) is 0 Å². The minimum absolute atomic E-state index is 0.211. The van der Waals surface area contributed by atoms with E-state index in [4.69, 9.17) is 0 Å². The van der Waals surface area contributed by atoms with Crippen LogP contribution in [0.2, 0.25) is 0 Å². The van der Waals surface area contributed by atoms with Gasteiger partial charge in [-0.1, -0.05) is 6.07 Å². The van der Waals surface area contributed by atoms with Gasteiger partial charge in [0.25, 0.3) is 5.91 Å². The SMILES string of the molecule is Cc1c(C(=O)Nc2ccn(Cc3cccnc3)n2)cnn1C. The first kappa shape index (κ1) is 14.0. The smallest absolute Gasteiger partial charge is 0.260 e. The molecule has 0 aliphatic rings. The summed E-state index contributed by atoms with van der Waals surface area (Å²) in [5, 5.41) is 11.2. The zero-order valence-corrected chi connectivity index (χ0v) is 12.4. The van der Waals surface area contributed by atoms with E-state index in [1.54, 1.807) is 41.1 Å². The van der Waals surface area contributed by atoms with E-state index in [-0.39, 0.29) is 5.91 Å². The third-order valence-electron chi connectivity index (χ3n) is 3.43. The van der Waals surface area contributed by atoms with E-state index in [0.29, 0.717) is 17.9 Å². The Bertz CT molecular complexity index is 789. The number of carbonyl (C=O) groups excluding carboxylic acids is 1. The molecule has 0 aliphatic carbocycles. The molecule has 7 nitrogen and oxygen atoms in total. The summed E-state index contributed by atoms with van der Waals surface area (Å²) in [5.74, 6) is 0.300. The Hall–Kier alpha value is -2.96. The molecule has 3 aromatic rings. The summed E-state index contributed by atoms with van der Waals surface area (Å²) >= 11 is 0. The molecule has 0 unspecified atom stereocenters. The summed E-state index contributed by atoms with van der Waals surface area (Å²) < 4.78 is 3.42. The Morgan fingerprint density at radius 2 is 2.18 bits per heavy atom. The molecule has 0 radical (unpaired) electrons. The largest absolute Gasteiger partial charge is 0.305 e. The van der Waals surface area contributed by atoms with E-state index in [1.807, 2.05) is 25.3 Å². The number of carbonyl (C=O) groups is 1. The summed E-state index contributed by atoms with van der Waals surface area (Å²) in [6.45, 7) is 2.46. The monoisotopic (exact) mass is 296 g/mol. The van der Waals surface area contributed by atoms with Crippen molar-refractivity contribution in [2.45, 2.75) is 13.5 Å². The van der Waals surface area contributed by atoms with Crippen LogP contribution in [0.25, 0.3) is 0 Å². The first-order chi connectivity index (χ1) is 10.6. The maximum Gasteiger partial charge on any atom is 0.260 e. The highest BCUT2D eigenvalue weighted by Gasteiger charge is 2.14.